The van der Waals surface area contributed by atoms with Crippen LogP contribution in [0.1, 0.15) is 33.3 Å². The minimum Gasteiger partial charge on any atom is -0.464 e. The lowest BCUT2D eigenvalue weighted by atomic mass is 10.2. The van der Waals surface area contributed by atoms with Crippen LogP contribution >= 0.6 is 35.6 Å². The maximum absolute atomic E-state index is 12.5. The van der Waals surface area contributed by atoms with Gasteiger partial charge in [0.25, 0.3) is 0 Å². The molecule has 0 unspecified atom stereocenters. The zero-order valence-corrected chi connectivity index (χ0v) is 16.0. The summed E-state index contributed by atoms with van der Waals surface area (Å²) in [5.74, 6) is 0.486. The van der Waals surface area contributed by atoms with Gasteiger partial charge >= 0.3 is 0 Å². The minimum absolute atomic E-state index is 0.0512. The molecule has 0 saturated carbocycles. The van der Waals surface area contributed by atoms with Gasteiger partial charge in [-0.2, -0.15) is 0 Å². The van der Waals surface area contributed by atoms with Crippen molar-refractivity contribution in [2.75, 3.05) is 0 Å². The summed E-state index contributed by atoms with van der Waals surface area (Å²) in [5, 5.41) is 1.03. The summed E-state index contributed by atoms with van der Waals surface area (Å²) in [5.41, 5.74) is 1.09. The first-order valence-corrected chi connectivity index (χ1v) is 9.23. The summed E-state index contributed by atoms with van der Waals surface area (Å²) in [6, 6.07) is 5.70. The molecular formula is C17H20ClNO2S2. The maximum atomic E-state index is 12.5. The van der Waals surface area contributed by atoms with Crippen LogP contribution in [0, 0.1) is 0 Å². The Balaban J connectivity index is 2.21. The predicted molar refractivity (Wildman–Crippen MR) is 103 cm³/mol. The van der Waals surface area contributed by atoms with Gasteiger partial charge in [0.1, 0.15) is 9.90 Å². The van der Waals surface area contributed by atoms with Crippen LogP contribution in [0.3, 0.4) is 0 Å². The van der Waals surface area contributed by atoms with Crippen molar-refractivity contribution in [2.24, 2.45) is 0 Å². The second-order valence-electron chi connectivity index (χ2n) is 5.88. The lowest BCUT2D eigenvalue weighted by molar-refractivity contribution is 0.303. The second-order valence-corrected chi connectivity index (χ2v) is 7.93. The number of hydrogen-bond donors (Lipinski definition) is 0. The Morgan fingerprint density at radius 3 is 2.57 bits per heavy atom. The highest BCUT2D eigenvalue weighted by molar-refractivity contribution is 8.22. The van der Waals surface area contributed by atoms with Gasteiger partial charge in [-0.3, -0.25) is 4.79 Å². The Morgan fingerprint density at radius 1 is 1.30 bits per heavy atom. The molecule has 2 aromatic rings. The Labute approximate surface area is 151 Å². The van der Waals surface area contributed by atoms with Crippen molar-refractivity contribution in [1.29, 1.82) is 0 Å². The normalized spacial score (nSPS) is 11.4. The van der Waals surface area contributed by atoms with Crippen LogP contribution < -0.4 is 5.43 Å². The standard InChI is InChI=1S/C17H20ClNO2S2/c1-10(2)19(11(3)4)17(22)23-9-12-8-21-15-6-5-13(18)7-14(15)16(12)20/h5-8,10-11H,9H2,1-4H3. The van der Waals surface area contributed by atoms with Crippen molar-refractivity contribution in [3.8, 4) is 0 Å². The Morgan fingerprint density at radius 2 is 1.96 bits per heavy atom. The molecule has 1 heterocycles. The Kier molecular flexibility index (Phi) is 6.12. The summed E-state index contributed by atoms with van der Waals surface area (Å²) in [7, 11) is 0. The van der Waals surface area contributed by atoms with E-state index in [-0.39, 0.29) is 5.43 Å². The van der Waals surface area contributed by atoms with Crippen molar-refractivity contribution < 1.29 is 4.42 Å². The van der Waals surface area contributed by atoms with Crippen molar-refractivity contribution in [3.05, 3.63) is 45.3 Å². The van der Waals surface area contributed by atoms with E-state index in [0.717, 1.165) is 4.32 Å². The third-order valence-electron chi connectivity index (χ3n) is 3.48. The first-order valence-electron chi connectivity index (χ1n) is 7.46. The van der Waals surface area contributed by atoms with Crippen LogP contribution in [0.4, 0.5) is 0 Å². The lowest BCUT2D eigenvalue weighted by Crippen LogP contribution is -2.39. The Hall–Kier alpha value is -1.04. The van der Waals surface area contributed by atoms with Gasteiger partial charge < -0.3 is 9.32 Å². The first-order chi connectivity index (χ1) is 10.8. The van der Waals surface area contributed by atoms with E-state index in [1.807, 2.05) is 0 Å². The number of fused-ring (bicyclic) bond motifs is 1. The molecule has 0 saturated heterocycles. The summed E-state index contributed by atoms with van der Waals surface area (Å²) in [6.45, 7) is 8.44. The smallest absolute Gasteiger partial charge is 0.196 e. The highest BCUT2D eigenvalue weighted by Crippen LogP contribution is 2.22. The molecule has 0 radical (unpaired) electrons. The highest BCUT2D eigenvalue weighted by atomic mass is 35.5. The quantitative estimate of drug-likeness (QED) is 0.701. The molecule has 23 heavy (non-hydrogen) atoms. The van der Waals surface area contributed by atoms with Crippen molar-refractivity contribution in [1.82, 2.24) is 4.90 Å². The van der Waals surface area contributed by atoms with E-state index in [2.05, 4.69) is 32.6 Å². The molecule has 0 aliphatic carbocycles. The number of thiocarbonyl (C=S) groups is 1. The van der Waals surface area contributed by atoms with Gasteiger partial charge in [0.15, 0.2) is 5.43 Å². The molecule has 0 aliphatic heterocycles. The molecule has 6 heteroatoms. The summed E-state index contributed by atoms with van der Waals surface area (Å²) in [6.07, 6.45) is 1.52. The van der Waals surface area contributed by atoms with Crippen molar-refractivity contribution in [2.45, 2.75) is 45.5 Å². The molecule has 0 amide bonds. The van der Waals surface area contributed by atoms with Gasteiger partial charge in [-0.05, 0) is 45.9 Å². The lowest BCUT2D eigenvalue weighted by Gasteiger charge is -2.32. The van der Waals surface area contributed by atoms with E-state index >= 15 is 0 Å². The fraction of sp³-hybridized carbons (Fsp3) is 0.412. The van der Waals surface area contributed by atoms with Gasteiger partial charge in [0.2, 0.25) is 0 Å². The summed E-state index contributed by atoms with van der Waals surface area (Å²) in [4.78, 5) is 14.7. The largest absolute Gasteiger partial charge is 0.464 e. The molecule has 3 nitrogen and oxygen atoms in total. The van der Waals surface area contributed by atoms with E-state index in [9.17, 15) is 4.79 Å². The third-order valence-corrected chi connectivity index (χ3v) is 5.19. The summed E-state index contributed by atoms with van der Waals surface area (Å²) >= 11 is 13.0. The zero-order valence-electron chi connectivity index (χ0n) is 13.6. The number of thioether (sulfide) groups is 1. The number of halogens is 1. The molecule has 0 atom stereocenters. The maximum Gasteiger partial charge on any atom is 0.196 e. The van der Waals surface area contributed by atoms with Crippen molar-refractivity contribution in [3.63, 3.8) is 0 Å². The third kappa shape index (κ3) is 4.28. The van der Waals surface area contributed by atoms with Crippen LogP contribution in [0.15, 0.2) is 33.7 Å². The molecule has 0 N–H and O–H groups in total. The SMILES string of the molecule is CC(C)N(C(=S)SCc1coc2ccc(Cl)cc2c1=O)C(C)C. The molecule has 0 fully saturated rings. The fourth-order valence-electron chi connectivity index (χ4n) is 2.48. The van der Waals surface area contributed by atoms with Gasteiger partial charge in [-0.25, -0.2) is 0 Å². The van der Waals surface area contributed by atoms with Gasteiger partial charge in [-0.15, -0.1) is 0 Å². The van der Waals surface area contributed by atoms with E-state index in [0.29, 0.717) is 39.4 Å². The zero-order chi connectivity index (χ0) is 17.1. The molecule has 0 bridgehead atoms. The fourth-order valence-corrected chi connectivity index (χ4v) is 4.29. The van der Waals surface area contributed by atoms with Crippen LogP contribution in [0.25, 0.3) is 11.0 Å². The van der Waals surface area contributed by atoms with Gasteiger partial charge in [0.05, 0.1) is 11.6 Å². The number of benzene rings is 1. The van der Waals surface area contributed by atoms with Crippen LogP contribution in [-0.4, -0.2) is 21.3 Å². The van der Waals surface area contributed by atoms with Crippen LogP contribution in [-0.2, 0) is 5.75 Å². The number of rotatable bonds is 4. The molecule has 0 aliphatic rings. The molecule has 2 rings (SSSR count). The topological polar surface area (TPSA) is 33.5 Å². The average Bonchev–Trinajstić information content (AvgIpc) is 2.46. The van der Waals surface area contributed by atoms with Crippen LogP contribution in [0.5, 0.6) is 0 Å². The molecule has 124 valence electrons. The summed E-state index contributed by atoms with van der Waals surface area (Å²) < 4.78 is 6.33. The minimum atomic E-state index is -0.0512. The highest BCUT2D eigenvalue weighted by Gasteiger charge is 2.18. The first kappa shape index (κ1) is 18.3. The van der Waals surface area contributed by atoms with Crippen LogP contribution in [0.2, 0.25) is 5.02 Å². The average molecular weight is 370 g/mol. The predicted octanol–water partition coefficient (Wildman–Crippen LogP) is 5.08. The van der Waals surface area contributed by atoms with Gasteiger partial charge in [0, 0.05) is 28.4 Å². The number of nitrogens with zero attached hydrogens (tertiary/aromatic N) is 1. The second kappa shape index (κ2) is 7.69. The Bertz CT molecular complexity index is 763. The van der Waals surface area contributed by atoms with Crippen molar-refractivity contribution >= 4 is 50.9 Å². The molecule has 0 spiro atoms. The monoisotopic (exact) mass is 369 g/mol. The molecule has 1 aromatic carbocycles. The van der Waals surface area contributed by atoms with E-state index < -0.39 is 0 Å². The molecular weight excluding hydrogens is 350 g/mol. The van der Waals surface area contributed by atoms with Gasteiger partial charge in [-0.1, -0.05) is 35.6 Å². The van der Waals surface area contributed by atoms with E-state index in [1.165, 1.54) is 18.0 Å². The van der Waals surface area contributed by atoms with E-state index in [4.69, 9.17) is 28.2 Å². The number of hydrogen-bond acceptors (Lipinski definition) is 4. The molecule has 1 aromatic heterocycles. The van der Waals surface area contributed by atoms with E-state index in [1.54, 1.807) is 18.2 Å².